The van der Waals surface area contributed by atoms with Crippen LogP contribution in [-0.2, 0) is 6.54 Å². The molecule has 1 aliphatic rings. The van der Waals surface area contributed by atoms with Gasteiger partial charge in [-0.15, -0.1) is 0 Å². The summed E-state index contributed by atoms with van der Waals surface area (Å²) in [6.07, 6.45) is 4.58. The van der Waals surface area contributed by atoms with Crippen LogP contribution in [0.5, 0.6) is 11.5 Å². The van der Waals surface area contributed by atoms with Gasteiger partial charge in [-0.1, -0.05) is 13.8 Å². The van der Waals surface area contributed by atoms with Crippen LogP contribution in [0.25, 0.3) is 0 Å². The third kappa shape index (κ3) is 5.14. The number of aromatic nitrogens is 2. The lowest BCUT2D eigenvalue weighted by molar-refractivity contribution is 0.246. The molecule has 0 bridgehead atoms. The fourth-order valence-corrected chi connectivity index (χ4v) is 3.73. The Morgan fingerprint density at radius 3 is 2.39 bits per heavy atom. The Morgan fingerprint density at radius 2 is 1.79 bits per heavy atom. The number of hydrogen-bond donors (Lipinski definition) is 1. The first-order valence-corrected chi connectivity index (χ1v) is 10.9. The average molecular weight is 465 g/mol. The molecule has 0 spiro atoms. The van der Waals surface area contributed by atoms with E-state index in [1.54, 1.807) is 0 Å². The van der Waals surface area contributed by atoms with Crippen LogP contribution < -0.4 is 24.8 Å². The molecule has 2 heterocycles. The number of hydrogen-bond acceptors (Lipinski definition) is 7. The summed E-state index contributed by atoms with van der Waals surface area (Å²) in [5.74, 6) is -2.11. The Hall–Kier alpha value is -3.05. The van der Waals surface area contributed by atoms with Gasteiger partial charge in [-0.3, -0.25) is 4.90 Å². The van der Waals surface area contributed by atoms with Gasteiger partial charge in [0.15, 0.2) is 29.0 Å². The molecule has 1 aromatic carbocycles. The lowest BCUT2D eigenvalue weighted by Crippen LogP contribution is -2.55. The number of fused-ring (bicyclic) bond motifs is 1. The topological polar surface area (TPSA) is 83.1 Å². The molecule has 33 heavy (non-hydrogen) atoms. The summed E-state index contributed by atoms with van der Waals surface area (Å²) in [5.41, 5.74) is 3.04. The Bertz CT molecular complexity index is 945. The van der Waals surface area contributed by atoms with Crippen LogP contribution in [-0.4, -0.2) is 61.3 Å². The fourth-order valence-electron chi connectivity index (χ4n) is 3.73. The molecule has 0 unspecified atom stereocenters. The summed E-state index contributed by atoms with van der Waals surface area (Å²) in [6, 6.07) is 0.434. The van der Waals surface area contributed by atoms with Gasteiger partial charge in [0.1, 0.15) is 12.0 Å². The van der Waals surface area contributed by atoms with Gasteiger partial charge in [-0.2, -0.15) is 0 Å². The van der Waals surface area contributed by atoms with Gasteiger partial charge < -0.3 is 14.4 Å². The minimum atomic E-state index is -0.997. The van der Waals surface area contributed by atoms with E-state index in [1.807, 2.05) is 0 Å². The van der Waals surface area contributed by atoms with Crippen LogP contribution in [0.15, 0.2) is 18.6 Å². The number of halogens is 2. The van der Waals surface area contributed by atoms with Gasteiger partial charge in [0.2, 0.25) is 0 Å². The number of ether oxygens (including phenoxy) is 2. The monoisotopic (exact) mass is 464 g/mol. The van der Waals surface area contributed by atoms with Crippen molar-refractivity contribution in [3.05, 3.63) is 35.8 Å². The zero-order valence-electron chi connectivity index (χ0n) is 19.4. The second-order valence-corrected chi connectivity index (χ2v) is 7.48. The fraction of sp³-hybridized carbons (Fsp3) is 0.500. The highest BCUT2D eigenvalue weighted by molar-refractivity contribution is 6.05. The first kappa shape index (κ1) is 24.6. The van der Waals surface area contributed by atoms with E-state index < -0.39 is 23.4 Å². The number of rotatable bonds is 11. The molecular formula is C22H30F2N6O3. The Kier molecular flexibility index (Phi) is 8.34. The van der Waals surface area contributed by atoms with Crippen molar-refractivity contribution in [2.75, 3.05) is 50.3 Å². The number of anilines is 2. The number of urea groups is 1. The third-order valence-electron chi connectivity index (χ3n) is 5.61. The first-order valence-electron chi connectivity index (χ1n) is 10.9. The van der Waals surface area contributed by atoms with Crippen molar-refractivity contribution in [1.82, 2.24) is 20.3 Å². The summed E-state index contributed by atoms with van der Waals surface area (Å²) in [5, 5.41) is 1.21. The number of carbonyl (C=O) groups is 1. The number of unbranched alkanes of at least 4 members (excludes halogenated alkanes) is 1. The molecular weight excluding hydrogens is 434 g/mol. The zero-order valence-corrected chi connectivity index (χ0v) is 19.4. The molecule has 180 valence electrons. The Morgan fingerprint density at radius 1 is 1.12 bits per heavy atom. The predicted molar refractivity (Wildman–Crippen MR) is 121 cm³/mol. The highest BCUT2D eigenvalue weighted by atomic mass is 19.1. The van der Waals surface area contributed by atoms with Gasteiger partial charge in [0.05, 0.1) is 20.8 Å². The number of carbonyl (C=O) groups excluding carboxylic acids is 1. The molecule has 0 radical (unpaired) electrons. The second-order valence-electron chi connectivity index (χ2n) is 7.48. The van der Waals surface area contributed by atoms with Crippen LogP contribution in [0, 0.1) is 11.6 Å². The summed E-state index contributed by atoms with van der Waals surface area (Å²) in [4.78, 5) is 24.9. The van der Waals surface area contributed by atoms with E-state index in [-0.39, 0.29) is 18.0 Å². The predicted octanol–water partition coefficient (Wildman–Crippen LogP) is 3.35. The van der Waals surface area contributed by atoms with E-state index in [1.165, 1.54) is 31.8 Å². The molecule has 9 nitrogen and oxygen atoms in total. The van der Waals surface area contributed by atoms with E-state index in [2.05, 4.69) is 34.1 Å². The average Bonchev–Trinajstić information content (AvgIpc) is 2.83. The van der Waals surface area contributed by atoms with E-state index in [9.17, 15) is 4.79 Å². The maximum absolute atomic E-state index is 15.1. The highest BCUT2D eigenvalue weighted by Gasteiger charge is 2.37. The molecule has 0 atom stereocenters. The lowest BCUT2D eigenvalue weighted by Gasteiger charge is -2.36. The van der Waals surface area contributed by atoms with Crippen molar-refractivity contribution in [3.8, 4) is 11.5 Å². The standard InChI is InChI=1S/C22H30F2N6O3/c1-5-28(6-2)10-8-7-9-27-30-21-15(12-25-14-26-21)13-29(22(30)31)20-18(23)16(32-3)11-17(33-4)19(20)24/h11-12,14,27H,5-10,13H2,1-4H3. The molecule has 0 aliphatic carbocycles. The molecule has 0 fully saturated rings. The molecule has 1 aromatic heterocycles. The molecule has 2 amide bonds. The lowest BCUT2D eigenvalue weighted by atomic mass is 10.1. The van der Waals surface area contributed by atoms with Crippen LogP contribution in [0.4, 0.5) is 25.1 Å². The van der Waals surface area contributed by atoms with Crippen LogP contribution >= 0.6 is 0 Å². The van der Waals surface area contributed by atoms with E-state index >= 15 is 8.78 Å². The van der Waals surface area contributed by atoms with Gasteiger partial charge >= 0.3 is 6.03 Å². The zero-order chi connectivity index (χ0) is 24.0. The minimum absolute atomic E-state index is 0.112. The minimum Gasteiger partial charge on any atom is -0.493 e. The van der Waals surface area contributed by atoms with Crippen LogP contribution in [0.3, 0.4) is 0 Å². The molecule has 1 N–H and O–H groups in total. The summed E-state index contributed by atoms with van der Waals surface area (Å²) < 4.78 is 40.3. The van der Waals surface area contributed by atoms with E-state index in [0.717, 1.165) is 43.4 Å². The number of methoxy groups -OCH3 is 2. The normalized spacial score (nSPS) is 13.5. The van der Waals surface area contributed by atoms with Crippen molar-refractivity contribution in [1.29, 1.82) is 0 Å². The molecule has 0 saturated heterocycles. The van der Waals surface area contributed by atoms with Gasteiger partial charge in [0, 0.05) is 24.4 Å². The SMILES string of the molecule is CCN(CC)CCCCNN1C(=O)N(c2c(F)c(OC)cc(OC)c2F)Cc2cncnc21. The van der Waals surface area contributed by atoms with Crippen molar-refractivity contribution >= 4 is 17.5 Å². The largest absolute Gasteiger partial charge is 0.493 e. The van der Waals surface area contributed by atoms with Crippen molar-refractivity contribution < 1.29 is 23.0 Å². The van der Waals surface area contributed by atoms with E-state index in [0.29, 0.717) is 17.9 Å². The third-order valence-corrected chi connectivity index (χ3v) is 5.61. The van der Waals surface area contributed by atoms with Crippen molar-refractivity contribution in [2.24, 2.45) is 0 Å². The summed E-state index contributed by atoms with van der Waals surface area (Å²) in [6.45, 7) is 7.52. The van der Waals surface area contributed by atoms with Crippen molar-refractivity contribution in [3.63, 3.8) is 0 Å². The maximum atomic E-state index is 15.1. The summed E-state index contributed by atoms with van der Waals surface area (Å²) in [7, 11) is 2.51. The highest BCUT2D eigenvalue weighted by Crippen LogP contribution is 2.39. The van der Waals surface area contributed by atoms with Gasteiger partial charge in [-0.25, -0.2) is 34.0 Å². The molecule has 11 heteroatoms. The number of nitrogens with zero attached hydrogens (tertiary/aromatic N) is 5. The Balaban J connectivity index is 1.86. The molecule has 2 aromatic rings. The smallest absolute Gasteiger partial charge is 0.345 e. The molecule has 0 saturated carbocycles. The maximum Gasteiger partial charge on any atom is 0.345 e. The van der Waals surface area contributed by atoms with E-state index in [4.69, 9.17) is 9.47 Å². The van der Waals surface area contributed by atoms with Gasteiger partial charge in [-0.05, 0) is 32.5 Å². The van der Waals surface area contributed by atoms with Gasteiger partial charge in [0.25, 0.3) is 0 Å². The number of nitrogens with one attached hydrogen (secondary N) is 1. The number of benzene rings is 1. The Labute approximate surface area is 192 Å². The molecule has 1 aliphatic heterocycles. The summed E-state index contributed by atoms with van der Waals surface area (Å²) >= 11 is 0. The van der Waals surface area contributed by atoms with Crippen molar-refractivity contribution in [2.45, 2.75) is 33.2 Å². The number of hydrazine groups is 1. The van der Waals surface area contributed by atoms with Crippen LogP contribution in [0.1, 0.15) is 32.3 Å². The first-order chi connectivity index (χ1) is 16.0. The van der Waals surface area contributed by atoms with Crippen LogP contribution in [0.2, 0.25) is 0 Å². The quantitative estimate of drug-likeness (QED) is 0.511. The molecule has 3 rings (SSSR count). The second kappa shape index (κ2) is 11.2. The number of amides is 2.